The van der Waals surface area contributed by atoms with Crippen molar-refractivity contribution in [3.8, 4) is 11.5 Å². The Balaban J connectivity index is 1.77. The molecule has 3 N–H and O–H groups in total. The molecule has 0 bridgehead atoms. The van der Waals surface area contributed by atoms with Crippen molar-refractivity contribution in [2.75, 3.05) is 12.4 Å². The Bertz CT molecular complexity index is 862. The fourth-order valence-electron chi connectivity index (χ4n) is 2.29. The number of amides is 2. The predicted octanol–water partition coefficient (Wildman–Crippen LogP) is 2.89. The maximum Gasteiger partial charge on any atom is 0.240 e. The number of aromatic hydroxyl groups is 1. The summed E-state index contributed by atoms with van der Waals surface area (Å²) in [6.45, 7) is 3.97. The van der Waals surface area contributed by atoms with Gasteiger partial charge in [0.1, 0.15) is 0 Å². The Morgan fingerprint density at radius 2 is 1.81 bits per heavy atom. The quantitative estimate of drug-likeness (QED) is 0.516. The molecular formula is C20H23N3O4. The van der Waals surface area contributed by atoms with Gasteiger partial charge >= 0.3 is 0 Å². The van der Waals surface area contributed by atoms with E-state index in [2.05, 4.69) is 15.8 Å². The maximum absolute atomic E-state index is 11.9. The lowest BCUT2D eigenvalue weighted by molar-refractivity contribution is -0.124. The zero-order chi connectivity index (χ0) is 19.8. The van der Waals surface area contributed by atoms with Gasteiger partial charge in [0.05, 0.1) is 13.3 Å². The summed E-state index contributed by atoms with van der Waals surface area (Å²) >= 11 is 0. The van der Waals surface area contributed by atoms with E-state index in [0.717, 1.165) is 11.1 Å². The molecule has 0 radical (unpaired) electrons. The van der Waals surface area contributed by atoms with Crippen LogP contribution in [0.3, 0.4) is 0 Å². The number of aryl methyl sites for hydroxylation is 2. The summed E-state index contributed by atoms with van der Waals surface area (Å²) in [5.74, 6) is -0.279. The smallest absolute Gasteiger partial charge is 0.240 e. The van der Waals surface area contributed by atoms with E-state index in [4.69, 9.17) is 4.74 Å². The van der Waals surface area contributed by atoms with Gasteiger partial charge in [-0.15, -0.1) is 0 Å². The van der Waals surface area contributed by atoms with E-state index in [1.807, 2.05) is 32.0 Å². The SMILES string of the molecule is COc1ccc(C=NNC(=O)CCC(=O)Nc2ccc(C)c(C)c2)cc1O. The van der Waals surface area contributed by atoms with Crippen molar-refractivity contribution < 1.29 is 19.4 Å². The Labute approximate surface area is 158 Å². The first-order valence-corrected chi connectivity index (χ1v) is 8.45. The number of ether oxygens (including phenoxy) is 1. The molecule has 142 valence electrons. The van der Waals surface area contributed by atoms with Crippen molar-refractivity contribution >= 4 is 23.7 Å². The Morgan fingerprint density at radius 3 is 2.48 bits per heavy atom. The summed E-state index contributed by atoms with van der Waals surface area (Å²) in [6.07, 6.45) is 1.46. The summed E-state index contributed by atoms with van der Waals surface area (Å²) in [5, 5.41) is 16.3. The molecule has 0 atom stereocenters. The summed E-state index contributed by atoms with van der Waals surface area (Å²) in [5.41, 5.74) is 5.90. The van der Waals surface area contributed by atoms with E-state index in [0.29, 0.717) is 17.0 Å². The molecule has 0 saturated heterocycles. The molecule has 2 rings (SSSR count). The maximum atomic E-state index is 11.9. The van der Waals surface area contributed by atoms with Crippen LogP contribution in [0.2, 0.25) is 0 Å². The van der Waals surface area contributed by atoms with Gasteiger partial charge in [-0.1, -0.05) is 6.07 Å². The largest absolute Gasteiger partial charge is 0.504 e. The van der Waals surface area contributed by atoms with Crippen molar-refractivity contribution in [3.63, 3.8) is 0 Å². The molecule has 0 spiro atoms. The fraction of sp³-hybridized carbons (Fsp3) is 0.250. The topological polar surface area (TPSA) is 100 Å². The summed E-state index contributed by atoms with van der Waals surface area (Å²) in [6, 6.07) is 10.4. The highest BCUT2D eigenvalue weighted by molar-refractivity contribution is 5.93. The minimum absolute atomic E-state index is 0.0158. The Kier molecular flexibility index (Phi) is 6.93. The van der Waals surface area contributed by atoms with Crippen LogP contribution in [-0.4, -0.2) is 30.2 Å². The van der Waals surface area contributed by atoms with Crippen LogP contribution in [0.25, 0.3) is 0 Å². The van der Waals surface area contributed by atoms with Gasteiger partial charge in [-0.25, -0.2) is 5.43 Å². The first-order valence-electron chi connectivity index (χ1n) is 8.45. The van der Waals surface area contributed by atoms with Crippen LogP contribution in [0.1, 0.15) is 29.5 Å². The van der Waals surface area contributed by atoms with E-state index in [9.17, 15) is 14.7 Å². The van der Waals surface area contributed by atoms with Crippen LogP contribution in [0.4, 0.5) is 5.69 Å². The van der Waals surface area contributed by atoms with Crippen molar-refractivity contribution in [1.82, 2.24) is 5.43 Å². The average Bonchev–Trinajstić information content (AvgIpc) is 2.63. The zero-order valence-corrected chi connectivity index (χ0v) is 15.6. The van der Waals surface area contributed by atoms with Crippen LogP contribution in [0.5, 0.6) is 11.5 Å². The second kappa shape index (κ2) is 9.38. The van der Waals surface area contributed by atoms with Crippen LogP contribution in [-0.2, 0) is 9.59 Å². The fourth-order valence-corrected chi connectivity index (χ4v) is 2.29. The third kappa shape index (κ3) is 6.14. The van der Waals surface area contributed by atoms with Crippen LogP contribution < -0.4 is 15.5 Å². The Morgan fingerprint density at radius 1 is 1.07 bits per heavy atom. The van der Waals surface area contributed by atoms with Crippen LogP contribution in [0, 0.1) is 13.8 Å². The number of rotatable bonds is 7. The monoisotopic (exact) mass is 369 g/mol. The molecular weight excluding hydrogens is 346 g/mol. The number of phenolic OH excluding ortho intramolecular Hbond substituents is 1. The summed E-state index contributed by atoms with van der Waals surface area (Å²) < 4.78 is 4.95. The number of hydrogen-bond acceptors (Lipinski definition) is 5. The van der Waals surface area contributed by atoms with Crippen molar-refractivity contribution in [1.29, 1.82) is 0 Å². The molecule has 27 heavy (non-hydrogen) atoms. The molecule has 0 saturated carbocycles. The minimum Gasteiger partial charge on any atom is -0.504 e. The normalized spacial score (nSPS) is 10.6. The number of anilines is 1. The molecule has 2 amide bonds. The lowest BCUT2D eigenvalue weighted by atomic mass is 10.1. The molecule has 0 heterocycles. The van der Waals surface area contributed by atoms with Gasteiger partial charge in [0, 0.05) is 18.5 Å². The van der Waals surface area contributed by atoms with Gasteiger partial charge in [-0.05, 0) is 60.9 Å². The third-order valence-corrected chi connectivity index (χ3v) is 3.98. The molecule has 0 aliphatic heterocycles. The Hall–Kier alpha value is -3.35. The van der Waals surface area contributed by atoms with Gasteiger partial charge < -0.3 is 15.2 Å². The molecule has 2 aromatic carbocycles. The number of carbonyl (C=O) groups excluding carboxylic acids is 2. The number of hydrazone groups is 1. The highest BCUT2D eigenvalue weighted by atomic mass is 16.5. The molecule has 7 nitrogen and oxygen atoms in total. The van der Waals surface area contributed by atoms with Gasteiger partial charge in [-0.2, -0.15) is 5.10 Å². The number of nitrogens with zero attached hydrogens (tertiary/aromatic N) is 1. The number of nitrogens with one attached hydrogen (secondary N) is 2. The molecule has 0 aromatic heterocycles. The van der Waals surface area contributed by atoms with E-state index in [1.165, 1.54) is 19.4 Å². The lowest BCUT2D eigenvalue weighted by Gasteiger charge is -2.07. The lowest BCUT2D eigenvalue weighted by Crippen LogP contribution is -2.20. The number of phenols is 1. The third-order valence-electron chi connectivity index (χ3n) is 3.98. The first kappa shape index (κ1) is 20.0. The number of carbonyl (C=O) groups is 2. The molecule has 0 aliphatic rings. The standard InChI is InChI=1S/C20H23N3O4/c1-13-4-6-16(10-14(13)2)22-19(25)8-9-20(26)23-21-12-15-5-7-18(27-3)17(24)11-15/h4-7,10-12,24H,8-9H2,1-3H3,(H,22,25)(H,23,26). The van der Waals surface area contributed by atoms with E-state index >= 15 is 0 Å². The first-order chi connectivity index (χ1) is 12.9. The van der Waals surface area contributed by atoms with Crippen molar-refractivity contribution in [2.45, 2.75) is 26.7 Å². The van der Waals surface area contributed by atoms with E-state index < -0.39 is 0 Å². The molecule has 0 aliphatic carbocycles. The number of methoxy groups -OCH3 is 1. The van der Waals surface area contributed by atoms with Crippen LogP contribution >= 0.6 is 0 Å². The van der Waals surface area contributed by atoms with Gasteiger partial charge in [0.2, 0.25) is 11.8 Å². The molecule has 7 heteroatoms. The molecule has 0 fully saturated rings. The summed E-state index contributed by atoms with van der Waals surface area (Å²) in [4.78, 5) is 23.7. The summed E-state index contributed by atoms with van der Waals surface area (Å²) in [7, 11) is 1.46. The minimum atomic E-state index is -0.376. The molecule has 2 aromatic rings. The zero-order valence-electron chi connectivity index (χ0n) is 15.6. The number of benzene rings is 2. The average molecular weight is 369 g/mol. The molecule has 0 unspecified atom stereocenters. The second-order valence-electron chi connectivity index (χ2n) is 6.07. The predicted molar refractivity (Wildman–Crippen MR) is 104 cm³/mol. The van der Waals surface area contributed by atoms with E-state index in [-0.39, 0.29) is 30.4 Å². The van der Waals surface area contributed by atoms with E-state index in [1.54, 1.807) is 12.1 Å². The van der Waals surface area contributed by atoms with Gasteiger partial charge in [0.15, 0.2) is 11.5 Å². The van der Waals surface area contributed by atoms with Crippen molar-refractivity contribution in [3.05, 3.63) is 53.1 Å². The van der Waals surface area contributed by atoms with Gasteiger partial charge in [-0.3, -0.25) is 9.59 Å². The van der Waals surface area contributed by atoms with Crippen molar-refractivity contribution in [2.24, 2.45) is 5.10 Å². The highest BCUT2D eigenvalue weighted by Gasteiger charge is 2.07. The highest BCUT2D eigenvalue weighted by Crippen LogP contribution is 2.25. The van der Waals surface area contributed by atoms with Gasteiger partial charge in [0.25, 0.3) is 0 Å². The number of hydrogen-bond donors (Lipinski definition) is 3. The van der Waals surface area contributed by atoms with Crippen LogP contribution in [0.15, 0.2) is 41.5 Å². The second-order valence-corrected chi connectivity index (χ2v) is 6.07.